The van der Waals surface area contributed by atoms with Crippen molar-refractivity contribution in [2.24, 2.45) is 0 Å². The number of rotatable bonds is 3. The number of carbonyl (C=O) groups is 1. The molecule has 154 valence electrons. The number of alkyl halides is 3. The number of nitriles is 1. The molecule has 1 amide bonds. The van der Waals surface area contributed by atoms with Gasteiger partial charge in [-0.15, -0.1) is 0 Å². The summed E-state index contributed by atoms with van der Waals surface area (Å²) < 4.78 is 40.9. The quantitative estimate of drug-likeness (QED) is 0.516. The number of halogens is 3. The standard InChI is InChI=1S/C21H13F3N6O/c22-21(23,24)16-7-15(9-27-19(16)26)14-4-5-18-28-17(11-30(18)10-14)29-20(31)13-3-1-2-12(6-13)8-25/h1-7,9-11H,(H2,26,27)(H,29,31). The molecule has 0 fully saturated rings. The van der Waals surface area contributed by atoms with Crippen LogP contribution in [0.1, 0.15) is 21.5 Å². The SMILES string of the molecule is N#Cc1cccc(C(=O)Nc2cn3cc(-c4cnc(N)c(C(F)(F)F)c4)ccc3n2)c1. The smallest absolute Gasteiger partial charge is 0.383 e. The van der Waals surface area contributed by atoms with Crippen LogP contribution in [0.25, 0.3) is 16.8 Å². The second-order valence-electron chi connectivity index (χ2n) is 6.61. The molecule has 0 aliphatic carbocycles. The largest absolute Gasteiger partial charge is 0.419 e. The fourth-order valence-corrected chi connectivity index (χ4v) is 3.00. The van der Waals surface area contributed by atoms with Gasteiger partial charge in [-0.1, -0.05) is 6.07 Å². The van der Waals surface area contributed by atoms with Crippen LogP contribution in [0.3, 0.4) is 0 Å². The van der Waals surface area contributed by atoms with E-state index >= 15 is 0 Å². The van der Waals surface area contributed by atoms with E-state index in [1.165, 1.54) is 18.5 Å². The molecule has 3 aromatic heterocycles. The molecular formula is C21H13F3N6O. The molecule has 0 radical (unpaired) electrons. The number of fused-ring (bicyclic) bond motifs is 1. The van der Waals surface area contributed by atoms with Crippen molar-refractivity contribution in [3.63, 3.8) is 0 Å². The summed E-state index contributed by atoms with van der Waals surface area (Å²) in [5.74, 6) is -0.792. The highest BCUT2D eigenvalue weighted by Gasteiger charge is 2.34. The molecule has 0 atom stereocenters. The minimum atomic E-state index is -4.62. The first-order chi connectivity index (χ1) is 14.7. The van der Waals surface area contributed by atoms with Crippen molar-refractivity contribution in [3.8, 4) is 17.2 Å². The van der Waals surface area contributed by atoms with Gasteiger partial charge in [0.2, 0.25) is 0 Å². The maximum Gasteiger partial charge on any atom is 0.419 e. The van der Waals surface area contributed by atoms with Crippen LogP contribution in [0.4, 0.5) is 24.8 Å². The molecule has 0 saturated heterocycles. The van der Waals surface area contributed by atoms with E-state index < -0.39 is 23.5 Å². The molecule has 0 saturated carbocycles. The van der Waals surface area contributed by atoms with Gasteiger partial charge in [0.05, 0.1) is 23.4 Å². The van der Waals surface area contributed by atoms with Gasteiger partial charge in [-0.25, -0.2) is 9.97 Å². The van der Waals surface area contributed by atoms with Crippen molar-refractivity contribution in [1.29, 1.82) is 5.26 Å². The number of nitrogens with zero attached hydrogens (tertiary/aromatic N) is 4. The summed E-state index contributed by atoms with van der Waals surface area (Å²) in [7, 11) is 0. The Kier molecular flexibility index (Phi) is 4.79. The zero-order valence-electron chi connectivity index (χ0n) is 15.7. The van der Waals surface area contributed by atoms with E-state index in [0.29, 0.717) is 22.3 Å². The summed E-state index contributed by atoms with van der Waals surface area (Å²) in [6.07, 6.45) is -0.262. The Morgan fingerprint density at radius 3 is 2.68 bits per heavy atom. The number of imidazole rings is 1. The highest BCUT2D eigenvalue weighted by molar-refractivity contribution is 6.04. The maximum absolute atomic E-state index is 13.1. The fourth-order valence-electron chi connectivity index (χ4n) is 3.00. The fraction of sp³-hybridized carbons (Fsp3) is 0.0476. The van der Waals surface area contributed by atoms with Crippen molar-refractivity contribution in [3.05, 3.63) is 77.7 Å². The van der Waals surface area contributed by atoms with Crippen LogP contribution in [0.2, 0.25) is 0 Å². The number of carbonyl (C=O) groups excluding carboxylic acids is 1. The van der Waals surface area contributed by atoms with E-state index in [-0.39, 0.29) is 11.4 Å². The van der Waals surface area contributed by atoms with E-state index in [1.807, 2.05) is 6.07 Å². The summed E-state index contributed by atoms with van der Waals surface area (Å²) in [6, 6.07) is 12.3. The number of nitrogens with two attached hydrogens (primary N) is 1. The van der Waals surface area contributed by atoms with Crippen LogP contribution >= 0.6 is 0 Å². The number of hydrogen-bond donors (Lipinski definition) is 2. The lowest BCUT2D eigenvalue weighted by molar-refractivity contribution is -0.137. The van der Waals surface area contributed by atoms with E-state index in [1.54, 1.807) is 40.9 Å². The number of amides is 1. The topological polar surface area (TPSA) is 109 Å². The van der Waals surface area contributed by atoms with Crippen LogP contribution < -0.4 is 11.1 Å². The summed E-state index contributed by atoms with van der Waals surface area (Å²) in [6.45, 7) is 0. The number of aromatic nitrogens is 3. The minimum Gasteiger partial charge on any atom is -0.383 e. The monoisotopic (exact) mass is 422 g/mol. The lowest BCUT2D eigenvalue weighted by Crippen LogP contribution is -2.12. The van der Waals surface area contributed by atoms with Crippen molar-refractivity contribution < 1.29 is 18.0 Å². The molecule has 4 rings (SSSR count). The van der Waals surface area contributed by atoms with E-state index in [9.17, 15) is 18.0 Å². The summed E-state index contributed by atoms with van der Waals surface area (Å²) in [5.41, 5.74) is 6.16. The van der Waals surface area contributed by atoms with Gasteiger partial charge in [-0.05, 0) is 36.4 Å². The van der Waals surface area contributed by atoms with Crippen LogP contribution in [0.15, 0.2) is 61.1 Å². The Morgan fingerprint density at radius 1 is 1.13 bits per heavy atom. The first kappa shape index (κ1) is 19.9. The Labute approximate surface area is 173 Å². The van der Waals surface area contributed by atoms with Crippen molar-refractivity contribution in [2.75, 3.05) is 11.1 Å². The van der Waals surface area contributed by atoms with Crippen LogP contribution in [-0.4, -0.2) is 20.3 Å². The summed E-state index contributed by atoms with van der Waals surface area (Å²) in [4.78, 5) is 20.3. The molecule has 0 unspecified atom stereocenters. The molecule has 0 aliphatic heterocycles. The molecule has 0 bridgehead atoms. The maximum atomic E-state index is 13.1. The molecular weight excluding hydrogens is 409 g/mol. The zero-order valence-corrected chi connectivity index (χ0v) is 15.7. The van der Waals surface area contributed by atoms with E-state index in [2.05, 4.69) is 15.3 Å². The van der Waals surface area contributed by atoms with Gasteiger partial charge in [0.25, 0.3) is 5.91 Å². The Morgan fingerprint density at radius 2 is 1.94 bits per heavy atom. The highest BCUT2D eigenvalue weighted by Crippen LogP contribution is 2.35. The number of benzene rings is 1. The highest BCUT2D eigenvalue weighted by atomic mass is 19.4. The Balaban J connectivity index is 1.63. The van der Waals surface area contributed by atoms with Gasteiger partial charge in [-0.3, -0.25) is 4.79 Å². The number of nitrogens with one attached hydrogen (secondary N) is 1. The van der Waals surface area contributed by atoms with Crippen LogP contribution in [0.5, 0.6) is 0 Å². The number of pyridine rings is 2. The molecule has 3 N–H and O–H groups in total. The predicted molar refractivity (Wildman–Crippen MR) is 107 cm³/mol. The third-order valence-corrected chi connectivity index (χ3v) is 4.50. The minimum absolute atomic E-state index is 0.232. The lowest BCUT2D eigenvalue weighted by Gasteiger charge is -2.11. The normalized spacial score (nSPS) is 11.3. The zero-order chi connectivity index (χ0) is 22.2. The van der Waals surface area contributed by atoms with Gasteiger partial charge in [0.1, 0.15) is 11.5 Å². The second kappa shape index (κ2) is 7.46. The number of anilines is 2. The van der Waals surface area contributed by atoms with Gasteiger partial charge < -0.3 is 15.5 Å². The van der Waals surface area contributed by atoms with E-state index in [0.717, 1.165) is 6.07 Å². The molecule has 3 heterocycles. The van der Waals surface area contributed by atoms with Crippen LogP contribution in [-0.2, 0) is 6.18 Å². The first-order valence-electron chi connectivity index (χ1n) is 8.88. The molecule has 10 heteroatoms. The average Bonchev–Trinajstić information content (AvgIpc) is 3.14. The average molecular weight is 422 g/mol. The van der Waals surface area contributed by atoms with Gasteiger partial charge in [0, 0.05) is 29.1 Å². The third kappa shape index (κ3) is 4.02. The Hall–Kier alpha value is -4.39. The van der Waals surface area contributed by atoms with Crippen LogP contribution in [0, 0.1) is 11.3 Å². The van der Waals surface area contributed by atoms with Crippen molar-refractivity contribution in [2.45, 2.75) is 6.18 Å². The molecule has 0 spiro atoms. The van der Waals surface area contributed by atoms with E-state index in [4.69, 9.17) is 11.0 Å². The molecule has 0 aliphatic rings. The molecule has 1 aromatic carbocycles. The lowest BCUT2D eigenvalue weighted by atomic mass is 10.1. The predicted octanol–water partition coefficient (Wildman–Crippen LogP) is 4.12. The summed E-state index contributed by atoms with van der Waals surface area (Å²) in [5, 5.41) is 11.6. The number of nitrogen functional groups attached to an aromatic ring is 1. The van der Waals surface area contributed by atoms with Gasteiger partial charge in [0.15, 0.2) is 5.82 Å². The first-order valence-corrected chi connectivity index (χ1v) is 8.88. The Bertz CT molecular complexity index is 1350. The van der Waals surface area contributed by atoms with Gasteiger partial charge in [-0.2, -0.15) is 18.4 Å². The second-order valence-corrected chi connectivity index (χ2v) is 6.61. The molecule has 7 nitrogen and oxygen atoms in total. The van der Waals surface area contributed by atoms with Crippen molar-refractivity contribution >= 4 is 23.2 Å². The van der Waals surface area contributed by atoms with Crippen molar-refractivity contribution in [1.82, 2.24) is 14.4 Å². The summed E-state index contributed by atoms with van der Waals surface area (Å²) >= 11 is 0. The molecule has 4 aromatic rings. The third-order valence-electron chi connectivity index (χ3n) is 4.50. The number of hydrogen-bond acceptors (Lipinski definition) is 5. The molecule has 31 heavy (non-hydrogen) atoms. The van der Waals surface area contributed by atoms with Gasteiger partial charge >= 0.3 is 6.18 Å².